The maximum absolute atomic E-state index is 13.5. The quantitative estimate of drug-likeness (QED) is 0.491. The Morgan fingerprint density at radius 3 is 2.47 bits per heavy atom. The normalized spacial score (nSPS) is 24.8. The Labute approximate surface area is 86.4 Å². The average Bonchev–Trinajstić information content (AvgIpc) is 2.62. The van der Waals surface area contributed by atoms with E-state index in [-0.39, 0.29) is 5.56 Å². The van der Waals surface area contributed by atoms with E-state index in [0.717, 1.165) is 18.9 Å². The monoisotopic (exact) mass is 212 g/mol. The maximum atomic E-state index is 13.5. The van der Waals surface area contributed by atoms with E-state index in [1.807, 2.05) is 19.1 Å². The zero-order valence-electron chi connectivity index (χ0n) is 8.36. The van der Waals surface area contributed by atoms with Gasteiger partial charge in [-0.1, -0.05) is 25.1 Å². The molecule has 1 aromatic carbocycles. The molecular formula is C12H11F3. The van der Waals surface area contributed by atoms with Gasteiger partial charge >= 0.3 is 0 Å². The van der Waals surface area contributed by atoms with Crippen molar-refractivity contribution in [3.8, 4) is 0 Å². The van der Waals surface area contributed by atoms with E-state index in [1.54, 1.807) is 0 Å². The molecule has 80 valence electrons. The molecule has 3 heteroatoms. The second kappa shape index (κ2) is 3.40. The molecule has 0 aliphatic heterocycles. The van der Waals surface area contributed by atoms with E-state index >= 15 is 0 Å². The Morgan fingerprint density at radius 2 is 1.87 bits per heavy atom. The van der Waals surface area contributed by atoms with Crippen LogP contribution in [0.15, 0.2) is 24.3 Å². The molecule has 0 saturated carbocycles. The van der Waals surface area contributed by atoms with Crippen LogP contribution in [-0.4, -0.2) is 0 Å². The molecule has 0 heterocycles. The molecule has 1 aliphatic rings. The standard InChI is InChI=1S/C12H11F3/c1-12(6-2-3-7-12)8-4-5-9(13)11(15)10(8)14/h2,4-6H,3,7H2,1H3/t12-/m0/s1. The van der Waals surface area contributed by atoms with E-state index in [4.69, 9.17) is 0 Å². The predicted octanol–water partition coefficient (Wildman–Crippen LogP) is 3.71. The number of benzene rings is 1. The largest absolute Gasteiger partial charge is 0.204 e. The number of hydrogen-bond donors (Lipinski definition) is 0. The summed E-state index contributed by atoms with van der Waals surface area (Å²) in [5.41, 5.74) is -0.270. The van der Waals surface area contributed by atoms with Crippen LogP contribution in [-0.2, 0) is 5.41 Å². The molecule has 2 rings (SSSR count). The molecule has 0 spiro atoms. The Balaban J connectivity index is 2.54. The molecule has 0 saturated heterocycles. The number of allylic oxidation sites excluding steroid dienone is 2. The van der Waals surface area contributed by atoms with E-state index in [2.05, 4.69) is 0 Å². The summed E-state index contributed by atoms with van der Waals surface area (Å²) in [6, 6.07) is 2.30. The van der Waals surface area contributed by atoms with Crippen molar-refractivity contribution in [3.05, 3.63) is 47.3 Å². The summed E-state index contributed by atoms with van der Waals surface area (Å²) in [5, 5.41) is 0. The van der Waals surface area contributed by atoms with Crippen molar-refractivity contribution in [3.63, 3.8) is 0 Å². The van der Waals surface area contributed by atoms with E-state index in [0.29, 0.717) is 0 Å². The van der Waals surface area contributed by atoms with Crippen LogP contribution in [0.1, 0.15) is 25.3 Å². The minimum Gasteiger partial charge on any atom is -0.204 e. The van der Waals surface area contributed by atoms with Crippen LogP contribution in [0.3, 0.4) is 0 Å². The number of halogens is 3. The SMILES string of the molecule is C[C@]1(c2ccc(F)c(F)c2F)C=CCC1. The van der Waals surface area contributed by atoms with Gasteiger partial charge in [-0.05, 0) is 18.9 Å². The molecule has 1 aromatic rings. The van der Waals surface area contributed by atoms with Crippen molar-refractivity contribution in [2.24, 2.45) is 0 Å². The molecule has 0 radical (unpaired) electrons. The molecule has 0 fully saturated rings. The zero-order valence-corrected chi connectivity index (χ0v) is 8.36. The lowest BCUT2D eigenvalue weighted by molar-refractivity contribution is 0.424. The minimum absolute atomic E-state index is 0.232. The average molecular weight is 212 g/mol. The van der Waals surface area contributed by atoms with Crippen LogP contribution >= 0.6 is 0 Å². The second-order valence-corrected chi connectivity index (χ2v) is 4.08. The van der Waals surface area contributed by atoms with Crippen LogP contribution in [0, 0.1) is 17.5 Å². The number of hydrogen-bond acceptors (Lipinski definition) is 0. The van der Waals surface area contributed by atoms with E-state index < -0.39 is 22.9 Å². The zero-order chi connectivity index (χ0) is 11.1. The summed E-state index contributed by atoms with van der Waals surface area (Å²) in [6.07, 6.45) is 5.35. The van der Waals surface area contributed by atoms with Gasteiger partial charge in [-0.3, -0.25) is 0 Å². The van der Waals surface area contributed by atoms with Crippen molar-refractivity contribution in [1.29, 1.82) is 0 Å². The molecule has 0 unspecified atom stereocenters. The van der Waals surface area contributed by atoms with E-state index in [1.165, 1.54) is 6.07 Å². The van der Waals surface area contributed by atoms with Crippen LogP contribution in [0.4, 0.5) is 13.2 Å². The molecule has 0 nitrogen and oxygen atoms in total. The van der Waals surface area contributed by atoms with Crippen molar-refractivity contribution in [1.82, 2.24) is 0 Å². The topological polar surface area (TPSA) is 0 Å². The molecule has 0 N–H and O–H groups in total. The first-order chi connectivity index (χ1) is 7.04. The van der Waals surface area contributed by atoms with Gasteiger partial charge < -0.3 is 0 Å². The molecule has 1 aliphatic carbocycles. The Hall–Kier alpha value is -1.25. The number of rotatable bonds is 1. The van der Waals surface area contributed by atoms with Gasteiger partial charge in [0.2, 0.25) is 0 Å². The minimum atomic E-state index is -1.38. The first-order valence-corrected chi connectivity index (χ1v) is 4.86. The third kappa shape index (κ3) is 1.56. The van der Waals surface area contributed by atoms with Gasteiger partial charge in [0, 0.05) is 11.0 Å². The fourth-order valence-electron chi connectivity index (χ4n) is 2.00. The Morgan fingerprint density at radius 1 is 1.13 bits per heavy atom. The smallest absolute Gasteiger partial charge is 0.194 e. The Bertz CT molecular complexity index is 423. The van der Waals surface area contributed by atoms with Crippen LogP contribution in [0.2, 0.25) is 0 Å². The highest BCUT2D eigenvalue weighted by atomic mass is 19.2. The first kappa shape index (κ1) is 10.3. The highest BCUT2D eigenvalue weighted by Gasteiger charge is 2.31. The lowest BCUT2D eigenvalue weighted by Crippen LogP contribution is -2.18. The van der Waals surface area contributed by atoms with Gasteiger partial charge in [0.1, 0.15) is 0 Å². The molecule has 15 heavy (non-hydrogen) atoms. The molecule has 0 aromatic heterocycles. The summed E-state index contributed by atoms with van der Waals surface area (Å²) in [5.74, 6) is -3.58. The first-order valence-electron chi connectivity index (χ1n) is 4.86. The summed E-state index contributed by atoms with van der Waals surface area (Å²) in [6.45, 7) is 1.83. The Kier molecular flexibility index (Phi) is 2.33. The lowest BCUT2D eigenvalue weighted by atomic mass is 9.82. The third-order valence-corrected chi connectivity index (χ3v) is 2.97. The van der Waals surface area contributed by atoms with Gasteiger partial charge in [0.15, 0.2) is 17.5 Å². The fourth-order valence-corrected chi connectivity index (χ4v) is 2.00. The van der Waals surface area contributed by atoms with Crippen molar-refractivity contribution in [2.45, 2.75) is 25.2 Å². The van der Waals surface area contributed by atoms with Crippen LogP contribution in [0.25, 0.3) is 0 Å². The third-order valence-electron chi connectivity index (χ3n) is 2.97. The van der Waals surface area contributed by atoms with Crippen molar-refractivity contribution in [2.75, 3.05) is 0 Å². The fraction of sp³-hybridized carbons (Fsp3) is 0.333. The van der Waals surface area contributed by atoms with Gasteiger partial charge in [-0.2, -0.15) is 0 Å². The molecular weight excluding hydrogens is 201 g/mol. The van der Waals surface area contributed by atoms with Crippen LogP contribution in [0.5, 0.6) is 0 Å². The summed E-state index contributed by atoms with van der Waals surface area (Å²) in [7, 11) is 0. The highest BCUT2D eigenvalue weighted by molar-refractivity contribution is 5.34. The molecule has 1 atom stereocenters. The van der Waals surface area contributed by atoms with Crippen LogP contribution < -0.4 is 0 Å². The van der Waals surface area contributed by atoms with Gasteiger partial charge in [0.05, 0.1) is 0 Å². The molecule has 0 amide bonds. The molecule has 0 bridgehead atoms. The lowest BCUT2D eigenvalue weighted by Gasteiger charge is -2.23. The maximum Gasteiger partial charge on any atom is 0.194 e. The van der Waals surface area contributed by atoms with Crippen molar-refractivity contribution >= 4 is 0 Å². The summed E-state index contributed by atoms with van der Waals surface area (Å²) in [4.78, 5) is 0. The summed E-state index contributed by atoms with van der Waals surface area (Å²) < 4.78 is 39.3. The van der Waals surface area contributed by atoms with Gasteiger partial charge in [0.25, 0.3) is 0 Å². The summed E-state index contributed by atoms with van der Waals surface area (Å²) >= 11 is 0. The van der Waals surface area contributed by atoms with Crippen molar-refractivity contribution < 1.29 is 13.2 Å². The van der Waals surface area contributed by atoms with Gasteiger partial charge in [-0.15, -0.1) is 0 Å². The highest BCUT2D eigenvalue weighted by Crippen LogP contribution is 2.37. The second-order valence-electron chi connectivity index (χ2n) is 4.08. The van der Waals surface area contributed by atoms with E-state index in [9.17, 15) is 13.2 Å². The predicted molar refractivity (Wildman–Crippen MR) is 52.0 cm³/mol. The van der Waals surface area contributed by atoms with Gasteiger partial charge in [-0.25, -0.2) is 13.2 Å².